The van der Waals surface area contributed by atoms with Gasteiger partial charge in [-0.05, 0) is 6.07 Å². The number of nitrogens with one attached hydrogen (secondary N) is 1. The minimum absolute atomic E-state index is 0.0787. The minimum atomic E-state index is -2.40. The molecule has 0 atom stereocenters. The Morgan fingerprint density at radius 3 is 2.62 bits per heavy atom. The topological polar surface area (TPSA) is 15.8 Å². The molecule has 1 aromatic heterocycles. The van der Waals surface area contributed by atoms with Crippen LogP contribution in [0.15, 0.2) is 12.3 Å². The van der Waals surface area contributed by atoms with E-state index in [-0.39, 0.29) is 5.56 Å². The lowest BCUT2D eigenvalue weighted by atomic mass is 10.4. The molecule has 0 aliphatic heterocycles. The van der Waals surface area contributed by atoms with E-state index in [0.717, 1.165) is 0 Å². The lowest BCUT2D eigenvalue weighted by Gasteiger charge is -1.86. The van der Waals surface area contributed by atoms with Crippen LogP contribution in [0.3, 0.4) is 0 Å². The SMILES string of the molecule is FC(F)c1[c][nH]cc1. The Kier molecular flexibility index (Phi) is 1.28. The predicted octanol–water partition coefficient (Wildman–Crippen LogP) is 1.75. The molecular formula is C5H4F2N. The summed E-state index contributed by atoms with van der Waals surface area (Å²) in [5, 5.41) is 0. The Morgan fingerprint density at radius 2 is 2.38 bits per heavy atom. The summed E-state index contributed by atoms with van der Waals surface area (Å²) in [5.74, 6) is 0. The zero-order chi connectivity index (χ0) is 5.98. The van der Waals surface area contributed by atoms with Gasteiger partial charge in [-0.2, -0.15) is 0 Å². The molecule has 0 aliphatic carbocycles. The first kappa shape index (κ1) is 5.28. The predicted molar refractivity (Wildman–Crippen MR) is 24.6 cm³/mol. The molecule has 0 unspecified atom stereocenters. The van der Waals surface area contributed by atoms with Crippen molar-refractivity contribution in [2.24, 2.45) is 0 Å². The highest BCUT2D eigenvalue weighted by atomic mass is 19.3. The third-order valence-corrected chi connectivity index (χ3v) is 0.798. The first-order valence-corrected chi connectivity index (χ1v) is 2.14. The van der Waals surface area contributed by atoms with Crippen molar-refractivity contribution in [2.75, 3.05) is 0 Å². The van der Waals surface area contributed by atoms with E-state index in [1.807, 2.05) is 0 Å². The highest BCUT2D eigenvalue weighted by Gasteiger charge is 2.04. The maximum Gasteiger partial charge on any atom is 0.265 e. The number of rotatable bonds is 1. The van der Waals surface area contributed by atoms with Crippen LogP contribution in [0.4, 0.5) is 8.78 Å². The Bertz CT molecular complexity index is 145. The van der Waals surface area contributed by atoms with E-state index in [0.29, 0.717) is 0 Å². The molecule has 3 heteroatoms. The highest BCUT2D eigenvalue weighted by Crippen LogP contribution is 2.15. The van der Waals surface area contributed by atoms with Crippen molar-refractivity contribution >= 4 is 0 Å². The van der Waals surface area contributed by atoms with Crippen molar-refractivity contribution in [3.8, 4) is 0 Å². The van der Waals surface area contributed by atoms with Gasteiger partial charge in [-0.15, -0.1) is 0 Å². The van der Waals surface area contributed by atoms with Crippen LogP contribution in [0.2, 0.25) is 0 Å². The van der Waals surface area contributed by atoms with Crippen molar-refractivity contribution in [2.45, 2.75) is 6.43 Å². The molecule has 1 N–H and O–H groups in total. The third-order valence-electron chi connectivity index (χ3n) is 0.798. The fourth-order valence-corrected chi connectivity index (χ4v) is 0.425. The molecular weight excluding hydrogens is 112 g/mol. The van der Waals surface area contributed by atoms with Gasteiger partial charge in [0.05, 0.1) is 6.20 Å². The number of aromatic nitrogens is 1. The smallest absolute Gasteiger partial charge is 0.265 e. The fraction of sp³-hybridized carbons (Fsp3) is 0.200. The normalized spacial score (nSPS) is 10.4. The molecule has 0 amide bonds. The zero-order valence-corrected chi connectivity index (χ0v) is 3.99. The molecule has 0 spiro atoms. The zero-order valence-electron chi connectivity index (χ0n) is 3.99. The van der Waals surface area contributed by atoms with Gasteiger partial charge in [-0.3, -0.25) is 0 Å². The van der Waals surface area contributed by atoms with E-state index < -0.39 is 6.43 Å². The molecule has 1 heterocycles. The van der Waals surface area contributed by atoms with Gasteiger partial charge in [0.1, 0.15) is 0 Å². The molecule has 0 saturated carbocycles. The van der Waals surface area contributed by atoms with E-state index in [1.165, 1.54) is 12.3 Å². The summed E-state index contributed by atoms with van der Waals surface area (Å²) >= 11 is 0. The van der Waals surface area contributed by atoms with Gasteiger partial charge in [0.25, 0.3) is 6.43 Å². The van der Waals surface area contributed by atoms with Gasteiger partial charge in [0.15, 0.2) is 0 Å². The van der Waals surface area contributed by atoms with Crippen molar-refractivity contribution in [1.82, 2.24) is 4.98 Å². The van der Waals surface area contributed by atoms with Crippen LogP contribution in [0, 0.1) is 6.20 Å². The summed E-state index contributed by atoms with van der Waals surface area (Å²) in [7, 11) is 0. The summed E-state index contributed by atoms with van der Waals surface area (Å²) in [6, 6.07) is 1.30. The van der Waals surface area contributed by atoms with E-state index >= 15 is 0 Å². The van der Waals surface area contributed by atoms with Gasteiger partial charge < -0.3 is 4.98 Å². The van der Waals surface area contributed by atoms with Gasteiger partial charge >= 0.3 is 0 Å². The van der Waals surface area contributed by atoms with Crippen LogP contribution in [-0.2, 0) is 0 Å². The van der Waals surface area contributed by atoms with Crippen molar-refractivity contribution in [1.29, 1.82) is 0 Å². The molecule has 8 heavy (non-hydrogen) atoms. The number of halogens is 2. The Labute approximate surface area is 45.3 Å². The lowest BCUT2D eigenvalue weighted by molar-refractivity contribution is 0.151. The van der Waals surface area contributed by atoms with Crippen LogP contribution < -0.4 is 0 Å². The second-order valence-electron chi connectivity index (χ2n) is 1.36. The summed E-state index contributed by atoms with van der Waals surface area (Å²) < 4.78 is 23.1. The molecule has 0 aliphatic rings. The molecule has 1 aromatic rings. The first-order chi connectivity index (χ1) is 3.80. The Balaban J connectivity index is 2.77. The lowest BCUT2D eigenvalue weighted by Crippen LogP contribution is -1.75. The fourth-order valence-electron chi connectivity index (χ4n) is 0.425. The third kappa shape index (κ3) is 0.857. The van der Waals surface area contributed by atoms with Crippen LogP contribution >= 0.6 is 0 Å². The highest BCUT2D eigenvalue weighted by molar-refractivity contribution is 5.07. The monoisotopic (exact) mass is 116 g/mol. The number of aromatic amines is 1. The van der Waals surface area contributed by atoms with E-state index in [4.69, 9.17) is 0 Å². The molecule has 43 valence electrons. The quantitative estimate of drug-likeness (QED) is 0.575. The average molecular weight is 116 g/mol. The molecule has 0 aromatic carbocycles. The molecule has 1 nitrogen and oxygen atoms in total. The molecule has 0 saturated heterocycles. The molecule has 1 rings (SSSR count). The maximum absolute atomic E-state index is 11.5. The van der Waals surface area contributed by atoms with Crippen molar-refractivity contribution < 1.29 is 8.78 Å². The molecule has 0 bridgehead atoms. The Morgan fingerprint density at radius 1 is 1.62 bits per heavy atom. The van der Waals surface area contributed by atoms with Crippen molar-refractivity contribution in [3.05, 3.63) is 24.0 Å². The van der Waals surface area contributed by atoms with Gasteiger partial charge in [0, 0.05) is 11.8 Å². The maximum atomic E-state index is 11.5. The summed E-state index contributed by atoms with van der Waals surface area (Å²) in [6.45, 7) is 0. The molecule has 0 fully saturated rings. The van der Waals surface area contributed by atoms with Gasteiger partial charge in [0.2, 0.25) is 0 Å². The standard InChI is InChI=1S/C5H4F2N/c6-5(7)4-1-2-8-3-4/h1-2,5,8H. The number of alkyl halides is 2. The van der Waals surface area contributed by atoms with Gasteiger partial charge in [-0.25, -0.2) is 8.78 Å². The van der Waals surface area contributed by atoms with E-state index in [1.54, 1.807) is 0 Å². The Hall–Kier alpha value is -0.860. The number of hydrogen-bond donors (Lipinski definition) is 1. The van der Waals surface area contributed by atoms with Gasteiger partial charge in [-0.1, -0.05) is 0 Å². The summed E-state index contributed by atoms with van der Waals surface area (Å²) in [6.07, 6.45) is 1.28. The van der Waals surface area contributed by atoms with E-state index in [9.17, 15) is 8.78 Å². The van der Waals surface area contributed by atoms with Crippen LogP contribution in [0.5, 0.6) is 0 Å². The summed E-state index contributed by atoms with van der Waals surface area (Å²) in [5.41, 5.74) is -0.0787. The second kappa shape index (κ2) is 1.94. The van der Waals surface area contributed by atoms with Crippen LogP contribution in [-0.4, -0.2) is 4.98 Å². The van der Waals surface area contributed by atoms with Crippen molar-refractivity contribution in [3.63, 3.8) is 0 Å². The molecule has 1 radical (unpaired) electrons. The van der Waals surface area contributed by atoms with Crippen LogP contribution in [0.1, 0.15) is 12.0 Å². The number of hydrogen-bond acceptors (Lipinski definition) is 0. The largest absolute Gasteiger partial charge is 0.360 e. The number of H-pyrrole nitrogens is 1. The van der Waals surface area contributed by atoms with Crippen LogP contribution in [0.25, 0.3) is 0 Å². The average Bonchev–Trinajstić information content (AvgIpc) is 2.12. The first-order valence-electron chi connectivity index (χ1n) is 2.14. The van der Waals surface area contributed by atoms with E-state index in [2.05, 4.69) is 11.2 Å². The summed E-state index contributed by atoms with van der Waals surface area (Å²) in [4.78, 5) is 2.41. The minimum Gasteiger partial charge on any atom is -0.360 e. The second-order valence-corrected chi connectivity index (χ2v) is 1.36.